The van der Waals surface area contributed by atoms with Crippen LogP contribution in [-0.2, 0) is 6.54 Å². The molecule has 1 saturated heterocycles. The first-order valence-corrected chi connectivity index (χ1v) is 9.97. The molecule has 0 saturated carbocycles. The number of aromatic nitrogens is 2. The molecular formula is C22H26N4O3. The Morgan fingerprint density at radius 2 is 1.86 bits per heavy atom. The summed E-state index contributed by atoms with van der Waals surface area (Å²) >= 11 is 0. The molecule has 7 heteroatoms. The fourth-order valence-corrected chi connectivity index (χ4v) is 3.72. The number of hydrogen-bond donors (Lipinski definition) is 1. The zero-order valence-electron chi connectivity index (χ0n) is 17.1. The van der Waals surface area contributed by atoms with Crippen molar-refractivity contribution >= 4 is 16.8 Å². The summed E-state index contributed by atoms with van der Waals surface area (Å²) in [6.07, 6.45) is 0. The van der Waals surface area contributed by atoms with Crippen molar-refractivity contribution < 1.29 is 9.52 Å². The smallest absolute Gasteiger partial charge is 0.336 e. The first-order valence-electron chi connectivity index (χ1n) is 9.97. The van der Waals surface area contributed by atoms with Crippen LogP contribution in [0.1, 0.15) is 36.8 Å². The quantitative estimate of drug-likeness (QED) is 0.681. The van der Waals surface area contributed by atoms with Gasteiger partial charge in [0.15, 0.2) is 0 Å². The lowest BCUT2D eigenvalue weighted by atomic mass is 10.1. The van der Waals surface area contributed by atoms with E-state index in [-0.39, 0.29) is 5.75 Å². The van der Waals surface area contributed by atoms with Crippen LogP contribution >= 0.6 is 0 Å². The third kappa shape index (κ3) is 4.24. The number of anilines is 1. The summed E-state index contributed by atoms with van der Waals surface area (Å²) in [5, 5.41) is 10.5. The molecule has 0 amide bonds. The van der Waals surface area contributed by atoms with Crippen LogP contribution in [0.3, 0.4) is 0 Å². The number of nitrogens with zero attached hydrogens (tertiary/aromatic N) is 4. The highest BCUT2D eigenvalue weighted by molar-refractivity contribution is 5.81. The fraction of sp³-hybridized carbons (Fsp3) is 0.409. The minimum atomic E-state index is -0.394. The number of piperazine rings is 1. The van der Waals surface area contributed by atoms with Gasteiger partial charge in [0.25, 0.3) is 0 Å². The molecule has 1 N–H and O–H groups in total. The van der Waals surface area contributed by atoms with Crippen molar-refractivity contribution in [3.8, 4) is 5.75 Å². The number of phenols is 1. The van der Waals surface area contributed by atoms with E-state index in [1.165, 1.54) is 6.07 Å². The summed E-state index contributed by atoms with van der Waals surface area (Å²) in [4.78, 5) is 25.8. The van der Waals surface area contributed by atoms with Crippen LogP contribution in [-0.4, -0.2) is 46.2 Å². The van der Waals surface area contributed by atoms with Crippen LogP contribution in [0.15, 0.2) is 39.5 Å². The average Bonchev–Trinajstić information content (AvgIpc) is 2.67. The molecular weight excluding hydrogens is 368 g/mol. The molecule has 0 aliphatic carbocycles. The van der Waals surface area contributed by atoms with E-state index in [0.29, 0.717) is 18.0 Å². The van der Waals surface area contributed by atoms with Crippen LogP contribution < -0.4 is 10.5 Å². The summed E-state index contributed by atoms with van der Waals surface area (Å²) in [5.41, 5.74) is 1.94. The van der Waals surface area contributed by atoms with Gasteiger partial charge in [0.1, 0.15) is 23.0 Å². The number of aryl methyl sites for hydroxylation is 1. The predicted molar refractivity (Wildman–Crippen MR) is 112 cm³/mol. The standard InChI is InChI=1S/C22H26N4O3/c1-14(2)22-23-15(3)10-20(24-22)26-8-6-25(7-9-26)13-16-11-21(28)29-19-12-17(27)4-5-18(16)19/h4-5,10-12,14,27H,6-9,13H2,1-3H3. The minimum Gasteiger partial charge on any atom is -0.508 e. The molecule has 0 atom stereocenters. The molecule has 152 valence electrons. The third-order valence-corrected chi connectivity index (χ3v) is 5.28. The fourth-order valence-electron chi connectivity index (χ4n) is 3.72. The molecule has 7 nitrogen and oxygen atoms in total. The number of rotatable bonds is 4. The number of fused-ring (bicyclic) bond motifs is 1. The minimum absolute atomic E-state index is 0.0901. The van der Waals surface area contributed by atoms with Gasteiger partial charge >= 0.3 is 5.63 Å². The Hall–Kier alpha value is -2.93. The maximum absolute atomic E-state index is 11.9. The molecule has 1 fully saturated rings. The first-order chi connectivity index (χ1) is 13.9. The zero-order valence-corrected chi connectivity index (χ0v) is 17.1. The Morgan fingerprint density at radius 3 is 2.59 bits per heavy atom. The van der Waals surface area contributed by atoms with Crippen LogP contribution in [0.2, 0.25) is 0 Å². The predicted octanol–water partition coefficient (Wildman–Crippen LogP) is 3.04. The Bertz CT molecular complexity index is 1090. The van der Waals surface area contributed by atoms with Crippen molar-refractivity contribution in [2.75, 3.05) is 31.1 Å². The molecule has 2 aromatic heterocycles. The molecule has 1 aromatic carbocycles. The average molecular weight is 394 g/mol. The summed E-state index contributed by atoms with van der Waals surface area (Å²) in [5.74, 6) is 2.26. The van der Waals surface area contributed by atoms with Crippen LogP contribution in [0, 0.1) is 6.92 Å². The monoisotopic (exact) mass is 394 g/mol. The van der Waals surface area contributed by atoms with Gasteiger partial charge in [0.2, 0.25) is 0 Å². The topological polar surface area (TPSA) is 82.7 Å². The zero-order chi connectivity index (χ0) is 20.5. The van der Waals surface area contributed by atoms with E-state index in [1.807, 2.05) is 13.0 Å². The van der Waals surface area contributed by atoms with Gasteiger partial charge in [-0.3, -0.25) is 4.90 Å². The van der Waals surface area contributed by atoms with E-state index < -0.39 is 5.63 Å². The van der Waals surface area contributed by atoms with Gasteiger partial charge in [-0.05, 0) is 24.6 Å². The second kappa shape index (κ2) is 7.83. The van der Waals surface area contributed by atoms with Crippen molar-refractivity contribution in [3.05, 3.63) is 57.8 Å². The van der Waals surface area contributed by atoms with E-state index in [2.05, 4.69) is 28.6 Å². The van der Waals surface area contributed by atoms with E-state index in [0.717, 1.165) is 54.5 Å². The van der Waals surface area contributed by atoms with Crippen LogP contribution in [0.5, 0.6) is 5.75 Å². The van der Waals surface area contributed by atoms with Gasteiger partial charge < -0.3 is 14.4 Å². The van der Waals surface area contributed by atoms with Gasteiger partial charge in [0.05, 0.1) is 0 Å². The van der Waals surface area contributed by atoms with E-state index in [1.54, 1.807) is 18.2 Å². The van der Waals surface area contributed by atoms with Crippen molar-refractivity contribution in [2.45, 2.75) is 33.2 Å². The summed E-state index contributed by atoms with van der Waals surface area (Å²) in [6.45, 7) is 10.4. The Kier molecular flexibility index (Phi) is 5.24. The lowest BCUT2D eigenvalue weighted by molar-refractivity contribution is 0.249. The van der Waals surface area contributed by atoms with Gasteiger partial charge in [-0.15, -0.1) is 0 Å². The highest BCUT2D eigenvalue weighted by atomic mass is 16.4. The molecule has 0 unspecified atom stereocenters. The van der Waals surface area contributed by atoms with Crippen molar-refractivity contribution in [2.24, 2.45) is 0 Å². The highest BCUT2D eigenvalue weighted by Crippen LogP contribution is 2.24. The lowest BCUT2D eigenvalue weighted by Gasteiger charge is -2.35. The van der Waals surface area contributed by atoms with Crippen molar-refractivity contribution in [1.29, 1.82) is 0 Å². The van der Waals surface area contributed by atoms with Crippen LogP contribution in [0.25, 0.3) is 11.0 Å². The maximum atomic E-state index is 11.9. The maximum Gasteiger partial charge on any atom is 0.336 e. The van der Waals surface area contributed by atoms with E-state index in [4.69, 9.17) is 9.40 Å². The number of hydrogen-bond acceptors (Lipinski definition) is 7. The second-order valence-electron chi connectivity index (χ2n) is 7.91. The normalized spacial score (nSPS) is 15.4. The molecule has 1 aliphatic heterocycles. The number of phenolic OH excluding ortho intramolecular Hbond substituents is 1. The van der Waals surface area contributed by atoms with Gasteiger partial charge in [0, 0.05) is 67.9 Å². The largest absolute Gasteiger partial charge is 0.508 e. The molecule has 3 heterocycles. The Morgan fingerprint density at radius 1 is 1.10 bits per heavy atom. The van der Waals surface area contributed by atoms with Crippen LogP contribution in [0.4, 0.5) is 5.82 Å². The molecule has 1 aliphatic rings. The van der Waals surface area contributed by atoms with Gasteiger partial charge in [-0.2, -0.15) is 0 Å². The highest BCUT2D eigenvalue weighted by Gasteiger charge is 2.20. The van der Waals surface area contributed by atoms with Crippen molar-refractivity contribution in [3.63, 3.8) is 0 Å². The molecule has 0 spiro atoms. The summed E-state index contributed by atoms with van der Waals surface area (Å²) < 4.78 is 5.23. The first kappa shape index (κ1) is 19.4. The van der Waals surface area contributed by atoms with E-state index in [9.17, 15) is 9.90 Å². The third-order valence-electron chi connectivity index (χ3n) is 5.28. The summed E-state index contributed by atoms with van der Waals surface area (Å²) in [7, 11) is 0. The van der Waals surface area contributed by atoms with Crippen molar-refractivity contribution in [1.82, 2.24) is 14.9 Å². The summed E-state index contributed by atoms with van der Waals surface area (Å²) in [6, 6.07) is 8.50. The molecule has 0 radical (unpaired) electrons. The second-order valence-corrected chi connectivity index (χ2v) is 7.91. The SMILES string of the molecule is Cc1cc(N2CCN(Cc3cc(=O)oc4cc(O)ccc34)CC2)nc(C(C)C)n1. The van der Waals surface area contributed by atoms with Gasteiger partial charge in [-0.1, -0.05) is 13.8 Å². The molecule has 4 rings (SSSR count). The Labute approximate surface area is 169 Å². The lowest BCUT2D eigenvalue weighted by Crippen LogP contribution is -2.46. The molecule has 0 bridgehead atoms. The Balaban J connectivity index is 1.49. The molecule has 3 aromatic rings. The number of aromatic hydroxyl groups is 1. The molecule has 29 heavy (non-hydrogen) atoms. The number of benzene rings is 1. The van der Waals surface area contributed by atoms with Gasteiger partial charge in [-0.25, -0.2) is 14.8 Å². The van der Waals surface area contributed by atoms with E-state index >= 15 is 0 Å².